The summed E-state index contributed by atoms with van der Waals surface area (Å²) in [6.07, 6.45) is 4.06. The fourth-order valence-corrected chi connectivity index (χ4v) is 2.39. The van der Waals surface area contributed by atoms with Crippen LogP contribution in [-0.4, -0.2) is 61.1 Å². The van der Waals surface area contributed by atoms with Crippen LogP contribution >= 0.6 is 0 Å². The van der Waals surface area contributed by atoms with Gasteiger partial charge in [0.2, 0.25) is 0 Å². The van der Waals surface area contributed by atoms with E-state index in [-0.39, 0.29) is 11.1 Å². The zero-order valence-electron chi connectivity index (χ0n) is 14.2. The number of hydrogen-bond acceptors (Lipinski definition) is 4. The first kappa shape index (κ1) is 17.3. The van der Waals surface area contributed by atoms with E-state index in [9.17, 15) is 0 Å². The minimum absolute atomic E-state index is 0.0135. The van der Waals surface area contributed by atoms with Crippen LogP contribution in [0.15, 0.2) is 9.98 Å². The molecule has 0 saturated heterocycles. The third-order valence-electron chi connectivity index (χ3n) is 4.73. The normalized spacial score (nSPS) is 25.8. The van der Waals surface area contributed by atoms with Gasteiger partial charge in [0, 0.05) is 37.1 Å². The van der Waals surface area contributed by atoms with Crippen molar-refractivity contribution in [3.63, 3.8) is 0 Å². The Kier molecular flexibility index (Phi) is 6.34. The van der Waals surface area contributed by atoms with Gasteiger partial charge in [-0.3, -0.25) is 14.9 Å². The van der Waals surface area contributed by atoms with Crippen LogP contribution in [0.4, 0.5) is 0 Å². The van der Waals surface area contributed by atoms with Crippen LogP contribution in [0, 0.1) is 0 Å². The Morgan fingerprint density at radius 1 is 1.20 bits per heavy atom. The number of rotatable bonds is 0. The molecule has 1 heterocycles. The van der Waals surface area contributed by atoms with Crippen molar-refractivity contribution in [1.29, 1.82) is 0 Å². The molecule has 4 nitrogen and oxygen atoms in total. The lowest BCUT2D eigenvalue weighted by molar-refractivity contribution is 0.0889. The van der Waals surface area contributed by atoms with Crippen LogP contribution in [-0.2, 0) is 0 Å². The van der Waals surface area contributed by atoms with Gasteiger partial charge in [-0.2, -0.15) is 0 Å². The molecule has 0 amide bonds. The molecule has 0 aromatic heterocycles. The van der Waals surface area contributed by atoms with Crippen LogP contribution in [0.25, 0.3) is 0 Å². The molecule has 116 valence electrons. The highest BCUT2D eigenvalue weighted by molar-refractivity contribution is 5.82. The topological polar surface area (TPSA) is 40.0 Å². The van der Waals surface area contributed by atoms with Gasteiger partial charge in [0.15, 0.2) is 0 Å². The molecule has 0 bridgehead atoms. The molecule has 0 unspecified atom stereocenters. The van der Waals surface area contributed by atoms with Gasteiger partial charge in [-0.05, 0) is 54.5 Å². The molecule has 1 N–H and O–H groups in total. The molecule has 0 aromatic rings. The second-order valence-electron chi connectivity index (χ2n) is 6.76. The SMILES string of the molecule is CC1=NC(C)(C)C(C)(C)N(C)CCC=NCCNCC1. The van der Waals surface area contributed by atoms with Crippen molar-refractivity contribution < 1.29 is 0 Å². The van der Waals surface area contributed by atoms with Gasteiger partial charge in [0.25, 0.3) is 0 Å². The third kappa shape index (κ3) is 4.67. The van der Waals surface area contributed by atoms with Crippen LogP contribution in [0.5, 0.6) is 0 Å². The molecule has 1 aliphatic rings. The fourth-order valence-electron chi connectivity index (χ4n) is 2.39. The van der Waals surface area contributed by atoms with Crippen LogP contribution in [0.2, 0.25) is 0 Å². The van der Waals surface area contributed by atoms with Gasteiger partial charge < -0.3 is 5.32 Å². The number of likely N-dealkylation sites (N-methyl/N-ethyl adjacent to an activating group) is 1. The predicted octanol–water partition coefficient (Wildman–Crippen LogP) is 2.39. The largest absolute Gasteiger partial charge is 0.315 e. The van der Waals surface area contributed by atoms with E-state index in [4.69, 9.17) is 4.99 Å². The molecule has 0 atom stereocenters. The first-order chi connectivity index (χ1) is 9.27. The van der Waals surface area contributed by atoms with Crippen molar-refractivity contribution >= 4 is 11.9 Å². The summed E-state index contributed by atoms with van der Waals surface area (Å²) in [5, 5.41) is 3.42. The second-order valence-corrected chi connectivity index (χ2v) is 6.76. The fraction of sp³-hybridized carbons (Fsp3) is 0.875. The Bertz CT molecular complexity index is 355. The predicted molar refractivity (Wildman–Crippen MR) is 89.4 cm³/mol. The lowest BCUT2D eigenvalue weighted by Crippen LogP contribution is -2.56. The third-order valence-corrected chi connectivity index (χ3v) is 4.73. The highest BCUT2D eigenvalue weighted by Crippen LogP contribution is 2.31. The van der Waals surface area contributed by atoms with Crippen molar-refractivity contribution in [1.82, 2.24) is 10.2 Å². The first-order valence-corrected chi connectivity index (χ1v) is 7.73. The zero-order valence-corrected chi connectivity index (χ0v) is 14.2. The number of hydrogen-bond donors (Lipinski definition) is 1. The number of nitrogens with zero attached hydrogens (tertiary/aromatic N) is 3. The van der Waals surface area contributed by atoms with Gasteiger partial charge in [0.1, 0.15) is 0 Å². The molecule has 1 aliphatic heterocycles. The Morgan fingerprint density at radius 3 is 2.60 bits per heavy atom. The summed E-state index contributed by atoms with van der Waals surface area (Å²) >= 11 is 0. The van der Waals surface area contributed by atoms with Crippen LogP contribution in [0.3, 0.4) is 0 Å². The van der Waals surface area contributed by atoms with Crippen LogP contribution in [0.1, 0.15) is 47.5 Å². The van der Waals surface area contributed by atoms with E-state index in [2.05, 4.69) is 63.1 Å². The summed E-state index contributed by atoms with van der Waals surface area (Å²) in [4.78, 5) is 11.9. The molecule has 20 heavy (non-hydrogen) atoms. The quantitative estimate of drug-likeness (QED) is 0.740. The summed E-state index contributed by atoms with van der Waals surface area (Å²) in [7, 11) is 2.19. The molecule has 0 aromatic carbocycles. The Hall–Kier alpha value is -0.740. The average Bonchev–Trinajstić information content (AvgIpc) is 2.34. The Labute approximate surface area is 124 Å². The van der Waals surface area contributed by atoms with E-state index in [1.165, 1.54) is 5.71 Å². The van der Waals surface area contributed by atoms with E-state index in [1.54, 1.807) is 0 Å². The Balaban J connectivity index is 2.91. The Morgan fingerprint density at radius 2 is 1.90 bits per heavy atom. The summed E-state index contributed by atoms with van der Waals surface area (Å²) in [6.45, 7) is 15.0. The van der Waals surface area contributed by atoms with E-state index in [0.717, 1.165) is 39.0 Å². The summed E-state index contributed by atoms with van der Waals surface area (Å²) in [6, 6.07) is 0. The minimum atomic E-state index is -0.104. The average molecular weight is 280 g/mol. The molecular formula is C16H32N4. The molecule has 0 saturated carbocycles. The minimum Gasteiger partial charge on any atom is -0.315 e. The molecule has 0 radical (unpaired) electrons. The molecular weight excluding hydrogens is 248 g/mol. The van der Waals surface area contributed by atoms with Gasteiger partial charge >= 0.3 is 0 Å². The highest BCUT2D eigenvalue weighted by Gasteiger charge is 2.39. The van der Waals surface area contributed by atoms with Crippen molar-refractivity contribution in [3.05, 3.63) is 0 Å². The summed E-state index contributed by atoms with van der Waals surface area (Å²) in [5.74, 6) is 0. The lowest BCUT2D eigenvalue weighted by atomic mass is 9.81. The summed E-state index contributed by atoms with van der Waals surface area (Å²) < 4.78 is 0. The van der Waals surface area contributed by atoms with Gasteiger partial charge in [-0.25, -0.2) is 0 Å². The van der Waals surface area contributed by atoms with Gasteiger partial charge in [-0.15, -0.1) is 0 Å². The molecule has 0 fully saturated rings. The maximum atomic E-state index is 5.00. The second kappa shape index (κ2) is 7.32. The smallest absolute Gasteiger partial charge is 0.0728 e. The summed E-state index contributed by atoms with van der Waals surface area (Å²) in [5.41, 5.74) is 1.14. The van der Waals surface area contributed by atoms with Crippen molar-refractivity contribution in [2.75, 3.05) is 33.2 Å². The van der Waals surface area contributed by atoms with E-state index in [0.29, 0.717) is 0 Å². The van der Waals surface area contributed by atoms with Gasteiger partial charge in [0.05, 0.1) is 12.1 Å². The molecule has 4 heteroatoms. The van der Waals surface area contributed by atoms with Crippen molar-refractivity contribution in [3.8, 4) is 0 Å². The maximum Gasteiger partial charge on any atom is 0.0728 e. The van der Waals surface area contributed by atoms with E-state index < -0.39 is 0 Å². The highest BCUT2D eigenvalue weighted by atomic mass is 15.2. The monoisotopic (exact) mass is 280 g/mol. The van der Waals surface area contributed by atoms with Crippen LogP contribution < -0.4 is 5.32 Å². The standard InChI is InChI=1S/C16H32N4/c1-14-8-10-18-12-11-17-9-7-13-20(6)16(4,5)15(2,3)19-14/h9,18H,7-8,10-13H2,1-6H3. The first-order valence-electron chi connectivity index (χ1n) is 7.73. The molecule has 0 spiro atoms. The van der Waals surface area contributed by atoms with E-state index >= 15 is 0 Å². The zero-order chi connectivity index (χ0) is 15.2. The molecule has 1 rings (SSSR count). The number of aliphatic imine (C=N–C) groups is 2. The van der Waals surface area contributed by atoms with Crippen molar-refractivity contribution in [2.24, 2.45) is 9.98 Å². The maximum absolute atomic E-state index is 5.00. The number of nitrogens with one attached hydrogen (secondary N) is 1. The van der Waals surface area contributed by atoms with E-state index in [1.807, 2.05) is 0 Å². The lowest BCUT2D eigenvalue weighted by Gasteiger charge is -2.46. The van der Waals surface area contributed by atoms with Crippen molar-refractivity contribution in [2.45, 2.75) is 58.5 Å². The molecule has 0 aliphatic carbocycles. The van der Waals surface area contributed by atoms with Gasteiger partial charge in [-0.1, -0.05) is 0 Å².